The Morgan fingerprint density at radius 2 is 2.00 bits per heavy atom. The van der Waals surface area contributed by atoms with Gasteiger partial charge in [0.25, 0.3) is 0 Å². The van der Waals surface area contributed by atoms with Crippen LogP contribution in [0.3, 0.4) is 0 Å². The molecule has 0 aromatic carbocycles. The van der Waals surface area contributed by atoms with Crippen molar-refractivity contribution in [3.8, 4) is 0 Å². The Bertz CT molecular complexity index is 260. The van der Waals surface area contributed by atoms with Gasteiger partial charge in [0.1, 0.15) is 0 Å². The summed E-state index contributed by atoms with van der Waals surface area (Å²) < 4.78 is 0. The minimum atomic E-state index is -0.948. The monoisotopic (exact) mass is 228 g/mol. The molecule has 1 heterocycles. The van der Waals surface area contributed by atoms with Crippen LogP contribution in [-0.2, 0) is 0 Å². The summed E-state index contributed by atoms with van der Waals surface area (Å²) in [6, 6.07) is 0.279. The van der Waals surface area contributed by atoms with E-state index < -0.39 is 6.09 Å². The van der Waals surface area contributed by atoms with Crippen molar-refractivity contribution in [2.75, 3.05) is 13.1 Å². The van der Waals surface area contributed by atoms with Gasteiger partial charge in [-0.15, -0.1) is 0 Å². The molecular weight excluding hydrogens is 208 g/mol. The predicted octanol–water partition coefficient (Wildman–Crippen LogP) is 0.632. The van der Waals surface area contributed by atoms with Crippen molar-refractivity contribution in [3.05, 3.63) is 0 Å². The second-order valence-electron chi connectivity index (χ2n) is 4.85. The van der Waals surface area contributed by atoms with E-state index in [2.05, 4.69) is 10.2 Å². The van der Waals surface area contributed by atoms with Gasteiger partial charge in [0.15, 0.2) is 0 Å². The van der Waals surface area contributed by atoms with E-state index in [4.69, 9.17) is 5.11 Å². The second kappa shape index (κ2) is 5.01. The average molecular weight is 228 g/mol. The molecule has 2 aliphatic rings. The summed E-state index contributed by atoms with van der Waals surface area (Å²) in [4.78, 5) is 12.8. The molecule has 2 fully saturated rings. The van der Waals surface area contributed by atoms with E-state index in [0.29, 0.717) is 0 Å². The van der Waals surface area contributed by atoms with Crippen molar-refractivity contribution in [1.29, 1.82) is 0 Å². The third-order valence-corrected chi connectivity index (χ3v) is 3.71. The molecule has 1 aliphatic carbocycles. The number of hydrogen-bond acceptors (Lipinski definition) is 3. The van der Waals surface area contributed by atoms with Gasteiger partial charge in [-0.25, -0.2) is 4.79 Å². The molecule has 16 heavy (non-hydrogen) atoms. The Morgan fingerprint density at radius 1 is 1.25 bits per heavy atom. The molecule has 1 amide bonds. The minimum Gasteiger partial charge on any atom is -0.465 e. The predicted molar refractivity (Wildman–Crippen MR) is 59.4 cm³/mol. The normalized spacial score (nSPS) is 36.2. The zero-order chi connectivity index (χ0) is 11.5. The third-order valence-electron chi connectivity index (χ3n) is 3.71. The largest absolute Gasteiger partial charge is 0.465 e. The fourth-order valence-corrected chi connectivity index (χ4v) is 2.90. The summed E-state index contributed by atoms with van der Waals surface area (Å²) in [7, 11) is 0. The Morgan fingerprint density at radius 3 is 2.69 bits per heavy atom. The van der Waals surface area contributed by atoms with Gasteiger partial charge in [0.2, 0.25) is 0 Å². The molecule has 0 radical (unpaired) electrons. The lowest BCUT2D eigenvalue weighted by molar-refractivity contribution is 0.0302. The van der Waals surface area contributed by atoms with E-state index >= 15 is 0 Å². The lowest BCUT2D eigenvalue weighted by Crippen LogP contribution is -2.46. The van der Waals surface area contributed by atoms with E-state index in [0.717, 1.165) is 38.8 Å². The molecule has 0 spiro atoms. The molecule has 1 aliphatic heterocycles. The molecule has 5 heteroatoms. The van der Waals surface area contributed by atoms with Gasteiger partial charge in [-0.1, -0.05) is 12.8 Å². The third kappa shape index (κ3) is 2.65. The lowest BCUT2D eigenvalue weighted by Gasteiger charge is -2.35. The molecule has 1 saturated heterocycles. The van der Waals surface area contributed by atoms with Crippen LogP contribution in [0.4, 0.5) is 4.79 Å². The molecule has 2 rings (SSSR count). The molecule has 3 N–H and O–H groups in total. The number of carbonyl (C=O) groups is 1. The highest BCUT2D eigenvalue weighted by molar-refractivity contribution is 5.64. The number of aliphatic hydroxyl groups excluding tert-OH is 1. The molecule has 5 nitrogen and oxygen atoms in total. The van der Waals surface area contributed by atoms with Gasteiger partial charge in [0, 0.05) is 25.2 Å². The number of likely N-dealkylation sites (tertiary alicyclic amines) is 1. The molecule has 92 valence electrons. The van der Waals surface area contributed by atoms with Crippen molar-refractivity contribution in [2.24, 2.45) is 0 Å². The van der Waals surface area contributed by atoms with Crippen LogP contribution in [0, 0.1) is 0 Å². The van der Waals surface area contributed by atoms with E-state index in [1.807, 2.05) is 0 Å². The fraction of sp³-hybridized carbons (Fsp3) is 0.909. The van der Waals surface area contributed by atoms with Crippen molar-refractivity contribution in [1.82, 2.24) is 10.2 Å². The number of carboxylic acid groups (broad SMARTS) is 1. The van der Waals surface area contributed by atoms with E-state index in [-0.39, 0.29) is 18.2 Å². The summed E-state index contributed by atoms with van der Waals surface area (Å²) in [6.07, 6.45) is 3.90. The van der Waals surface area contributed by atoms with Crippen molar-refractivity contribution >= 4 is 6.09 Å². The van der Waals surface area contributed by atoms with Crippen LogP contribution in [0.25, 0.3) is 0 Å². The summed E-state index contributed by atoms with van der Waals surface area (Å²) in [5.74, 6) is 0. The zero-order valence-electron chi connectivity index (χ0n) is 9.43. The molecule has 0 aromatic heterocycles. The number of aliphatic hydroxyl groups is 1. The summed E-state index contributed by atoms with van der Waals surface area (Å²) >= 11 is 0. The van der Waals surface area contributed by atoms with Gasteiger partial charge in [-0.2, -0.15) is 0 Å². The maximum absolute atomic E-state index is 10.5. The van der Waals surface area contributed by atoms with E-state index in [9.17, 15) is 9.90 Å². The van der Waals surface area contributed by atoms with Crippen LogP contribution in [0.1, 0.15) is 32.1 Å². The molecule has 0 aromatic rings. The second-order valence-corrected chi connectivity index (χ2v) is 4.85. The van der Waals surface area contributed by atoms with Gasteiger partial charge >= 0.3 is 6.09 Å². The maximum Gasteiger partial charge on any atom is 0.404 e. The summed E-state index contributed by atoms with van der Waals surface area (Å²) in [5.41, 5.74) is 0. The van der Waals surface area contributed by atoms with Crippen LogP contribution < -0.4 is 5.32 Å². The fourth-order valence-electron chi connectivity index (χ4n) is 2.90. The van der Waals surface area contributed by atoms with Gasteiger partial charge in [0.05, 0.1) is 6.10 Å². The van der Waals surface area contributed by atoms with Crippen molar-refractivity contribution in [2.45, 2.75) is 50.3 Å². The maximum atomic E-state index is 10.5. The topological polar surface area (TPSA) is 72.8 Å². The smallest absolute Gasteiger partial charge is 0.404 e. The minimum absolute atomic E-state index is 0.0339. The highest BCUT2D eigenvalue weighted by Crippen LogP contribution is 2.26. The van der Waals surface area contributed by atoms with Crippen molar-refractivity contribution < 1.29 is 15.0 Å². The highest BCUT2D eigenvalue weighted by atomic mass is 16.4. The van der Waals surface area contributed by atoms with Crippen LogP contribution in [0.15, 0.2) is 0 Å². The first-order chi connectivity index (χ1) is 7.66. The van der Waals surface area contributed by atoms with Crippen LogP contribution >= 0.6 is 0 Å². The lowest BCUT2D eigenvalue weighted by atomic mass is 9.91. The van der Waals surface area contributed by atoms with Gasteiger partial charge < -0.3 is 15.5 Å². The molecular formula is C11H20N2O3. The Hall–Kier alpha value is -0.810. The number of rotatable bonds is 2. The van der Waals surface area contributed by atoms with Gasteiger partial charge in [-0.3, -0.25) is 4.90 Å². The summed E-state index contributed by atoms with van der Waals surface area (Å²) in [6.45, 7) is 1.64. The van der Waals surface area contributed by atoms with Crippen LogP contribution in [0.5, 0.6) is 0 Å². The first-order valence-corrected chi connectivity index (χ1v) is 6.08. The molecule has 3 unspecified atom stereocenters. The van der Waals surface area contributed by atoms with E-state index in [1.165, 1.54) is 6.42 Å². The Balaban J connectivity index is 1.85. The van der Waals surface area contributed by atoms with Crippen LogP contribution in [0.2, 0.25) is 0 Å². The first kappa shape index (κ1) is 11.7. The standard InChI is InChI=1S/C11H20N2O3/c14-10-4-2-1-3-9(10)13-6-5-8(7-13)12-11(15)16/h8-10,12,14H,1-7H2,(H,15,16). The SMILES string of the molecule is O=C(O)NC1CCN(C2CCCCC2O)C1. The number of nitrogens with one attached hydrogen (secondary N) is 1. The van der Waals surface area contributed by atoms with Crippen LogP contribution in [-0.4, -0.2) is 52.5 Å². The average Bonchev–Trinajstić information content (AvgIpc) is 2.66. The highest BCUT2D eigenvalue weighted by Gasteiger charge is 2.33. The molecule has 1 saturated carbocycles. The molecule has 3 atom stereocenters. The zero-order valence-corrected chi connectivity index (χ0v) is 9.43. The molecule has 0 bridgehead atoms. The van der Waals surface area contributed by atoms with Gasteiger partial charge in [-0.05, 0) is 19.3 Å². The number of hydrogen-bond donors (Lipinski definition) is 3. The first-order valence-electron chi connectivity index (χ1n) is 6.08. The summed E-state index contributed by atoms with van der Waals surface area (Å²) in [5, 5.41) is 21.1. The van der Waals surface area contributed by atoms with E-state index in [1.54, 1.807) is 0 Å². The quantitative estimate of drug-likeness (QED) is 0.648. The Labute approximate surface area is 95.4 Å². The Kier molecular flexibility index (Phi) is 3.66. The number of nitrogens with zero attached hydrogens (tertiary/aromatic N) is 1. The van der Waals surface area contributed by atoms with Crippen molar-refractivity contribution in [3.63, 3.8) is 0 Å². The number of amides is 1.